The van der Waals surface area contributed by atoms with Crippen LogP contribution in [0.15, 0.2) is 42.5 Å². The standard InChI is InChI=1S/C15H9F3O/c16-15(17,18)11-6-5-10-7-9-3-1-2-4-12(9)14(19)13(10)8-11/h1-6,8H,7H2. The molecule has 0 amide bonds. The fourth-order valence-electron chi connectivity index (χ4n) is 2.36. The number of hydrogen-bond donors (Lipinski definition) is 0. The molecule has 0 aliphatic heterocycles. The highest BCUT2D eigenvalue weighted by Gasteiger charge is 2.33. The summed E-state index contributed by atoms with van der Waals surface area (Å²) in [7, 11) is 0. The average Bonchev–Trinajstić information content (AvgIpc) is 2.37. The summed E-state index contributed by atoms with van der Waals surface area (Å²) < 4.78 is 38.0. The predicted octanol–water partition coefficient (Wildman–Crippen LogP) is 3.84. The summed E-state index contributed by atoms with van der Waals surface area (Å²) in [6, 6.07) is 10.4. The van der Waals surface area contributed by atoms with Gasteiger partial charge in [0.25, 0.3) is 0 Å². The lowest BCUT2D eigenvalue weighted by atomic mass is 9.84. The summed E-state index contributed by atoms with van der Waals surface area (Å²) in [4.78, 5) is 12.2. The number of carbonyl (C=O) groups excluding carboxylic acids is 1. The number of halogens is 3. The van der Waals surface area contributed by atoms with E-state index in [1.807, 2.05) is 12.1 Å². The fourth-order valence-corrected chi connectivity index (χ4v) is 2.36. The van der Waals surface area contributed by atoms with E-state index in [0.717, 1.165) is 17.7 Å². The predicted molar refractivity (Wildman–Crippen MR) is 64.1 cm³/mol. The molecule has 0 radical (unpaired) electrons. The van der Waals surface area contributed by atoms with E-state index in [4.69, 9.17) is 0 Å². The maximum atomic E-state index is 12.7. The van der Waals surface area contributed by atoms with Gasteiger partial charge in [-0.2, -0.15) is 13.2 Å². The zero-order chi connectivity index (χ0) is 13.6. The Morgan fingerprint density at radius 1 is 0.895 bits per heavy atom. The first kappa shape index (κ1) is 12.0. The lowest BCUT2D eigenvalue weighted by molar-refractivity contribution is -0.137. The van der Waals surface area contributed by atoms with Gasteiger partial charge in [0.2, 0.25) is 0 Å². The van der Waals surface area contributed by atoms with Crippen molar-refractivity contribution < 1.29 is 18.0 Å². The first-order valence-corrected chi connectivity index (χ1v) is 5.79. The van der Waals surface area contributed by atoms with Crippen molar-refractivity contribution in [1.82, 2.24) is 0 Å². The average molecular weight is 262 g/mol. The van der Waals surface area contributed by atoms with Crippen LogP contribution in [0.3, 0.4) is 0 Å². The van der Waals surface area contributed by atoms with E-state index >= 15 is 0 Å². The van der Waals surface area contributed by atoms with Crippen LogP contribution in [-0.2, 0) is 12.6 Å². The third kappa shape index (κ3) is 1.93. The van der Waals surface area contributed by atoms with Crippen molar-refractivity contribution in [2.75, 3.05) is 0 Å². The Morgan fingerprint density at radius 2 is 1.58 bits per heavy atom. The van der Waals surface area contributed by atoms with Gasteiger partial charge in [-0.05, 0) is 29.7 Å². The van der Waals surface area contributed by atoms with Gasteiger partial charge >= 0.3 is 6.18 Å². The summed E-state index contributed by atoms with van der Waals surface area (Å²) >= 11 is 0. The second kappa shape index (κ2) is 3.95. The monoisotopic (exact) mass is 262 g/mol. The second-order valence-electron chi connectivity index (χ2n) is 4.53. The van der Waals surface area contributed by atoms with Crippen molar-refractivity contribution in [2.24, 2.45) is 0 Å². The number of alkyl halides is 3. The van der Waals surface area contributed by atoms with Crippen molar-refractivity contribution in [3.8, 4) is 0 Å². The molecule has 19 heavy (non-hydrogen) atoms. The van der Waals surface area contributed by atoms with Gasteiger partial charge in [-0.1, -0.05) is 30.3 Å². The van der Waals surface area contributed by atoms with E-state index in [2.05, 4.69) is 0 Å². The van der Waals surface area contributed by atoms with Crippen LogP contribution in [0, 0.1) is 0 Å². The van der Waals surface area contributed by atoms with Gasteiger partial charge < -0.3 is 0 Å². The van der Waals surface area contributed by atoms with Crippen LogP contribution in [0.4, 0.5) is 13.2 Å². The van der Waals surface area contributed by atoms with Crippen molar-refractivity contribution in [2.45, 2.75) is 12.6 Å². The molecule has 0 spiro atoms. The highest BCUT2D eigenvalue weighted by Crippen LogP contribution is 2.34. The van der Waals surface area contributed by atoms with Crippen LogP contribution in [-0.4, -0.2) is 5.78 Å². The van der Waals surface area contributed by atoms with Crippen LogP contribution >= 0.6 is 0 Å². The van der Waals surface area contributed by atoms with Gasteiger partial charge in [0.05, 0.1) is 5.56 Å². The molecule has 0 atom stereocenters. The Morgan fingerprint density at radius 3 is 2.32 bits per heavy atom. The van der Waals surface area contributed by atoms with E-state index in [0.29, 0.717) is 17.5 Å². The highest BCUT2D eigenvalue weighted by molar-refractivity contribution is 6.12. The van der Waals surface area contributed by atoms with Crippen LogP contribution in [0.1, 0.15) is 32.6 Å². The van der Waals surface area contributed by atoms with E-state index in [1.54, 1.807) is 12.1 Å². The van der Waals surface area contributed by atoms with Gasteiger partial charge in [-0.3, -0.25) is 4.79 Å². The van der Waals surface area contributed by atoms with E-state index in [1.165, 1.54) is 6.07 Å². The van der Waals surface area contributed by atoms with Gasteiger partial charge in [-0.15, -0.1) is 0 Å². The maximum absolute atomic E-state index is 12.7. The first-order chi connectivity index (χ1) is 8.97. The molecule has 2 aromatic rings. The SMILES string of the molecule is O=C1c2ccccc2Cc2ccc(C(F)(F)F)cc21. The molecule has 0 bridgehead atoms. The van der Waals surface area contributed by atoms with Crippen LogP contribution in [0.25, 0.3) is 0 Å². The molecule has 4 heteroatoms. The molecule has 0 aromatic heterocycles. The van der Waals surface area contributed by atoms with Crippen molar-refractivity contribution in [1.29, 1.82) is 0 Å². The molecule has 3 rings (SSSR count). The second-order valence-corrected chi connectivity index (χ2v) is 4.53. The highest BCUT2D eigenvalue weighted by atomic mass is 19.4. The molecule has 2 aromatic carbocycles. The number of fused-ring (bicyclic) bond motifs is 2. The van der Waals surface area contributed by atoms with E-state index < -0.39 is 11.7 Å². The van der Waals surface area contributed by atoms with Crippen LogP contribution < -0.4 is 0 Å². The number of carbonyl (C=O) groups is 1. The molecule has 0 saturated heterocycles. The van der Waals surface area contributed by atoms with Gasteiger partial charge in [0, 0.05) is 11.1 Å². The zero-order valence-electron chi connectivity index (χ0n) is 9.79. The molecule has 0 saturated carbocycles. The summed E-state index contributed by atoms with van der Waals surface area (Å²) in [6.07, 6.45) is -3.93. The van der Waals surface area contributed by atoms with Crippen molar-refractivity contribution in [3.63, 3.8) is 0 Å². The Hall–Kier alpha value is -2.10. The number of benzene rings is 2. The summed E-state index contributed by atoms with van der Waals surface area (Å²) in [5, 5.41) is 0. The van der Waals surface area contributed by atoms with Crippen molar-refractivity contribution >= 4 is 5.78 Å². The molecular weight excluding hydrogens is 253 g/mol. The van der Waals surface area contributed by atoms with Crippen molar-refractivity contribution in [3.05, 3.63) is 70.3 Å². The third-order valence-corrected chi connectivity index (χ3v) is 3.32. The molecule has 96 valence electrons. The Balaban J connectivity index is 2.14. The lowest BCUT2D eigenvalue weighted by Crippen LogP contribution is -2.16. The number of rotatable bonds is 0. The Bertz CT molecular complexity index is 671. The normalized spacial score (nSPS) is 13.9. The minimum Gasteiger partial charge on any atom is -0.289 e. The molecule has 0 N–H and O–H groups in total. The van der Waals surface area contributed by atoms with Gasteiger partial charge in [0.1, 0.15) is 0 Å². The number of ketones is 1. The molecule has 0 heterocycles. The quantitative estimate of drug-likeness (QED) is 0.601. The smallest absolute Gasteiger partial charge is 0.289 e. The molecule has 1 nitrogen and oxygen atoms in total. The van der Waals surface area contributed by atoms with E-state index in [9.17, 15) is 18.0 Å². The lowest BCUT2D eigenvalue weighted by Gasteiger charge is -2.19. The maximum Gasteiger partial charge on any atom is 0.416 e. The largest absolute Gasteiger partial charge is 0.416 e. The first-order valence-electron chi connectivity index (χ1n) is 5.79. The summed E-state index contributed by atoms with van der Waals surface area (Å²) in [5.41, 5.74) is 1.39. The Kier molecular flexibility index (Phi) is 2.49. The minimum absolute atomic E-state index is 0.161. The van der Waals surface area contributed by atoms with Gasteiger partial charge in [0.15, 0.2) is 5.78 Å². The minimum atomic E-state index is -4.42. The number of hydrogen-bond acceptors (Lipinski definition) is 1. The zero-order valence-corrected chi connectivity index (χ0v) is 9.79. The molecule has 1 aliphatic rings. The van der Waals surface area contributed by atoms with E-state index in [-0.39, 0.29) is 11.3 Å². The molecular formula is C15H9F3O. The Labute approximate surface area is 107 Å². The topological polar surface area (TPSA) is 17.1 Å². The fraction of sp³-hybridized carbons (Fsp3) is 0.133. The van der Waals surface area contributed by atoms with Gasteiger partial charge in [-0.25, -0.2) is 0 Å². The molecule has 1 aliphatic carbocycles. The summed E-state index contributed by atoms with van der Waals surface area (Å²) in [5.74, 6) is -0.331. The van der Waals surface area contributed by atoms with Crippen LogP contribution in [0.2, 0.25) is 0 Å². The van der Waals surface area contributed by atoms with Crippen LogP contribution in [0.5, 0.6) is 0 Å². The molecule has 0 unspecified atom stereocenters. The summed E-state index contributed by atoms with van der Waals surface area (Å²) in [6.45, 7) is 0. The molecule has 0 fully saturated rings. The third-order valence-electron chi connectivity index (χ3n) is 3.32.